The minimum atomic E-state index is -0.0989. The number of rotatable bonds is 5. The molecule has 4 nitrogen and oxygen atoms in total. The van der Waals surface area contributed by atoms with Gasteiger partial charge in [0.25, 0.3) is 5.91 Å². The van der Waals surface area contributed by atoms with E-state index in [9.17, 15) is 4.79 Å². The Balaban J connectivity index is 1.36. The minimum absolute atomic E-state index is 0.0989. The molecule has 1 saturated heterocycles. The van der Waals surface area contributed by atoms with Crippen molar-refractivity contribution in [2.75, 3.05) is 25.5 Å². The Morgan fingerprint density at radius 1 is 0.900 bits per heavy atom. The predicted molar refractivity (Wildman–Crippen MR) is 126 cm³/mol. The lowest BCUT2D eigenvalue weighted by atomic mass is 9.95. The summed E-state index contributed by atoms with van der Waals surface area (Å²) in [6.45, 7) is 2.19. The molecule has 0 aromatic heterocycles. The molecule has 5 heteroatoms. The first-order valence-electron chi connectivity index (χ1n) is 10.5. The van der Waals surface area contributed by atoms with Crippen LogP contribution in [0.25, 0.3) is 11.1 Å². The van der Waals surface area contributed by atoms with Crippen molar-refractivity contribution in [3.63, 3.8) is 0 Å². The van der Waals surface area contributed by atoms with Gasteiger partial charge in [-0.15, -0.1) is 0 Å². The summed E-state index contributed by atoms with van der Waals surface area (Å²) in [5.74, 6) is 0.827. The van der Waals surface area contributed by atoms with Gasteiger partial charge in [-0.05, 0) is 55.3 Å². The average Bonchev–Trinajstić information content (AvgIpc) is 2.77. The zero-order valence-electron chi connectivity index (χ0n) is 17.6. The number of benzene rings is 3. The third-order valence-corrected chi connectivity index (χ3v) is 5.61. The van der Waals surface area contributed by atoms with Crippen molar-refractivity contribution in [2.24, 2.45) is 0 Å². The zero-order chi connectivity index (χ0) is 20.9. The van der Waals surface area contributed by atoms with E-state index in [1.54, 1.807) is 0 Å². The fraction of sp³-hybridized carbons (Fsp3) is 0.240. The summed E-state index contributed by atoms with van der Waals surface area (Å²) in [5.41, 5.74) is 4.81. The first-order chi connectivity index (χ1) is 14.6. The van der Waals surface area contributed by atoms with E-state index in [0.29, 0.717) is 11.7 Å². The monoisotopic (exact) mass is 398 g/mol. The van der Waals surface area contributed by atoms with Crippen LogP contribution in [0.2, 0.25) is 0 Å². The van der Waals surface area contributed by atoms with E-state index < -0.39 is 0 Å². The number of hydrogen-bond donors (Lipinski definition) is 1. The van der Waals surface area contributed by atoms with Gasteiger partial charge in [0.05, 0.1) is 0 Å². The quantitative estimate of drug-likeness (QED) is 0.671. The molecule has 1 heterocycles. The van der Waals surface area contributed by atoms with Crippen LogP contribution in [-0.4, -0.2) is 44.9 Å². The molecule has 4 rings (SSSR count). The molecule has 3 aromatic carbocycles. The van der Waals surface area contributed by atoms with Gasteiger partial charge in [-0.2, -0.15) is 0 Å². The first kappa shape index (κ1) is 20.2. The second kappa shape index (κ2) is 9.18. The van der Waals surface area contributed by atoms with Crippen LogP contribution in [-0.2, 0) is 0 Å². The molecular formula is C25H27BN2O2. The van der Waals surface area contributed by atoms with Crippen molar-refractivity contribution in [1.82, 2.24) is 4.90 Å². The van der Waals surface area contributed by atoms with Gasteiger partial charge >= 0.3 is 0 Å². The summed E-state index contributed by atoms with van der Waals surface area (Å²) in [6, 6.07) is 23.7. The molecule has 0 unspecified atom stereocenters. The Morgan fingerprint density at radius 3 is 2.07 bits per heavy atom. The lowest BCUT2D eigenvalue weighted by molar-refractivity contribution is 0.102. The molecule has 1 fully saturated rings. The molecular weight excluding hydrogens is 371 g/mol. The van der Waals surface area contributed by atoms with Crippen molar-refractivity contribution >= 4 is 24.9 Å². The molecule has 0 aliphatic carbocycles. The molecule has 1 aliphatic rings. The van der Waals surface area contributed by atoms with Crippen LogP contribution in [0.5, 0.6) is 5.75 Å². The van der Waals surface area contributed by atoms with Gasteiger partial charge in [0.15, 0.2) is 0 Å². The van der Waals surface area contributed by atoms with Crippen LogP contribution in [0.4, 0.5) is 5.69 Å². The highest BCUT2D eigenvalue weighted by molar-refractivity contribution is 6.32. The number of carbonyl (C=O) groups is 1. The molecule has 152 valence electrons. The zero-order valence-corrected chi connectivity index (χ0v) is 17.6. The van der Waals surface area contributed by atoms with Gasteiger partial charge in [-0.3, -0.25) is 4.79 Å². The summed E-state index contributed by atoms with van der Waals surface area (Å²) >= 11 is 0. The van der Waals surface area contributed by atoms with E-state index in [4.69, 9.17) is 4.74 Å². The summed E-state index contributed by atoms with van der Waals surface area (Å²) in [4.78, 5) is 14.7. The number of amides is 1. The van der Waals surface area contributed by atoms with Gasteiger partial charge in [-0.1, -0.05) is 54.0 Å². The second-order valence-electron chi connectivity index (χ2n) is 8.04. The van der Waals surface area contributed by atoms with E-state index in [1.807, 2.05) is 68.5 Å². The third kappa shape index (κ3) is 5.11. The summed E-state index contributed by atoms with van der Waals surface area (Å²) in [7, 11) is 4.16. The molecule has 0 atom stereocenters. The van der Waals surface area contributed by atoms with Crippen molar-refractivity contribution in [3.05, 3.63) is 78.4 Å². The Bertz CT molecular complexity index is 977. The van der Waals surface area contributed by atoms with E-state index in [0.717, 1.165) is 54.0 Å². The molecule has 0 saturated carbocycles. The predicted octanol–water partition coefficient (Wildman–Crippen LogP) is 3.34. The Hall–Kier alpha value is -3.05. The van der Waals surface area contributed by atoms with E-state index in [2.05, 4.69) is 29.4 Å². The van der Waals surface area contributed by atoms with Gasteiger partial charge in [0, 0.05) is 24.3 Å². The molecule has 1 N–H and O–H groups in total. The molecule has 1 aliphatic heterocycles. The van der Waals surface area contributed by atoms with Crippen molar-refractivity contribution in [3.8, 4) is 16.9 Å². The number of hydrogen-bond acceptors (Lipinski definition) is 3. The SMILES string of the molecule is Bc1ccc(C(=O)Nc2ccc(-c3ccc(OC4CCN(C)CC4)cc3)cc2)cc1. The lowest BCUT2D eigenvalue weighted by Gasteiger charge is -2.29. The lowest BCUT2D eigenvalue weighted by Crippen LogP contribution is -2.35. The van der Waals surface area contributed by atoms with Crippen LogP contribution in [0.1, 0.15) is 23.2 Å². The highest BCUT2D eigenvalue weighted by Crippen LogP contribution is 2.25. The minimum Gasteiger partial charge on any atom is -0.490 e. The smallest absolute Gasteiger partial charge is 0.255 e. The fourth-order valence-corrected chi connectivity index (χ4v) is 3.68. The number of carbonyl (C=O) groups excluding carboxylic acids is 1. The van der Waals surface area contributed by atoms with Crippen molar-refractivity contribution in [1.29, 1.82) is 0 Å². The maximum atomic E-state index is 12.4. The van der Waals surface area contributed by atoms with E-state index in [-0.39, 0.29) is 5.91 Å². The number of piperidine rings is 1. The van der Waals surface area contributed by atoms with Crippen LogP contribution in [0, 0.1) is 0 Å². The third-order valence-electron chi connectivity index (χ3n) is 5.61. The molecule has 0 bridgehead atoms. The highest BCUT2D eigenvalue weighted by Gasteiger charge is 2.17. The fourth-order valence-electron chi connectivity index (χ4n) is 3.68. The second-order valence-corrected chi connectivity index (χ2v) is 8.04. The molecule has 0 radical (unpaired) electrons. The van der Waals surface area contributed by atoms with Crippen LogP contribution in [0.3, 0.4) is 0 Å². The van der Waals surface area contributed by atoms with Gasteiger partial charge in [-0.25, -0.2) is 0 Å². The maximum absolute atomic E-state index is 12.4. The first-order valence-corrected chi connectivity index (χ1v) is 10.5. The summed E-state index contributed by atoms with van der Waals surface area (Å²) < 4.78 is 6.13. The van der Waals surface area contributed by atoms with Crippen LogP contribution in [0.15, 0.2) is 72.8 Å². The van der Waals surface area contributed by atoms with Crippen LogP contribution < -0.4 is 15.5 Å². The Morgan fingerprint density at radius 2 is 1.47 bits per heavy atom. The Kier molecular flexibility index (Phi) is 6.19. The highest BCUT2D eigenvalue weighted by atomic mass is 16.5. The van der Waals surface area contributed by atoms with E-state index in [1.165, 1.54) is 0 Å². The summed E-state index contributed by atoms with van der Waals surface area (Å²) in [5, 5.41) is 2.95. The number of nitrogens with one attached hydrogen (secondary N) is 1. The van der Waals surface area contributed by atoms with Gasteiger partial charge < -0.3 is 15.0 Å². The van der Waals surface area contributed by atoms with Crippen molar-refractivity contribution < 1.29 is 9.53 Å². The maximum Gasteiger partial charge on any atom is 0.255 e. The molecule has 3 aromatic rings. The average molecular weight is 398 g/mol. The summed E-state index contributed by atoms with van der Waals surface area (Å²) in [6.07, 6.45) is 2.46. The number of nitrogens with zero attached hydrogens (tertiary/aromatic N) is 1. The number of likely N-dealkylation sites (tertiary alicyclic amines) is 1. The molecule has 30 heavy (non-hydrogen) atoms. The van der Waals surface area contributed by atoms with E-state index >= 15 is 0 Å². The largest absolute Gasteiger partial charge is 0.490 e. The topological polar surface area (TPSA) is 41.6 Å². The number of ether oxygens (including phenoxy) is 1. The number of anilines is 1. The molecule has 1 amide bonds. The molecule has 0 spiro atoms. The standard InChI is InChI=1S/C25H27BN2O2/c1-28-16-14-24(15-17-28)30-23-12-6-19(7-13-23)18-4-10-22(11-5-18)27-25(29)20-2-8-21(26)9-3-20/h2-13,24H,14-17,26H2,1H3,(H,27,29). The van der Waals surface area contributed by atoms with Crippen molar-refractivity contribution in [2.45, 2.75) is 18.9 Å². The van der Waals surface area contributed by atoms with Gasteiger partial charge in [0.2, 0.25) is 0 Å². The Labute approximate surface area is 179 Å². The van der Waals surface area contributed by atoms with Gasteiger partial charge in [0.1, 0.15) is 19.7 Å². The van der Waals surface area contributed by atoms with Crippen LogP contribution >= 0.6 is 0 Å². The normalized spacial score (nSPS) is 15.0.